The second-order valence-electron chi connectivity index (χ2n) is 6.07. The molecule has 3 heterocycles. The van der Waals surface area contributed by atoms with Gasteiger partial charge in [0.15, 0.2) is 0 Å². The fourth-order valence-corrected chi connectivity index (χ4v) is 3.02. The maximum absolute atomic E-state index is 12.4. The van der Waals surface area contributed by atoms with E-state index in [-0.39, 0.29) is 12.5 Å². The number of β-amino-alcohol motifs (C(OH)–C–C–N with tert-alkyl or cyclic N) is 1. The Balaban J connectivity index is 1.68. The molecule has 8 nitrogen and oxygen atoms in total. The molecule has 24 heavy (non-hydrogen) atoms. The van der Waals surface area contributed by atoms with Crippen LogP contribution in [0.3, 0.4) is 0 Å². The lowest BCUT2D eigenvalue weighted by atomic mass is 9.92. The number of nitrogens with zero attached hydrogens (tertiary/aromatic N) is 6. The number of aromatic nitrogens is 4. The molecule has 1 atom stereocenters. The third kappa shape index (κ3) is 3.65. The van der Waals surface area contributed by atoms with Gasteiger partial charge in [-0.3, -0.25) is 9.78 Å². The minimum absolute atomic E-state index is 0.229. The van der Waals surface area contributed by atoms with Crippen molar-refractivity contribution in [2.24, 2.45) is 0 Å². The molecule has 0 bridgehead atoms. The highest BCUT2D eigenvalue weighted by atomic mass is 16.3. The third-order valence-electron chi connectivity index (χ3n) is 4.11. The third-order valence-corrected chi connectivity index (χ3v) is 4.11. The summed E-state index contributed by atoms with van der Waals surface area (Å²) in [6, 6.07) is 1.57. The first-order valence-electron chi connectivity index (χ1n) is 7.82. The van der Waals surface area contributed by atoms with E-state index in [2.05, 4.69) is 19.9 Å². The molecule has 1 saturated heterocycles. The molecule has 0 saturated carbocycles. The molecule has 1 N–H and O–H groups in total. The lowest BCUT2D eigenvalue weighted by Crippen LogP contribution is -2.55. The van der Waals surface area contributed by atoms with Crippen LogP contribution in [0, 0.1) is 0 Å². The van der Waals surface area contributed by atoms with E-state index in [0.717, 1.165) is 18.8 Å². The van der Waals surface area contributed by atoms with Crippen LogP contribution in [-0.4, -0.2) is 68.1 Å². The van der Waals surface area contributed by atoms with Gasteiger partial charge in [-0.1, -0.05) is 0 Å². The summed E-state index contributed by atoms with van der Waals surface area (Å²) in [6.45, 7) is 1.45. The minimum Gasteiger partial charge on any atom is -0.386 e. The summed E-state index contributed by atoms with van der Waals surface area (Å²) in [4.78, 5) is 32.0. The highest BCUT2D eigenvalue weighted by Gasteiger charge is 2.36. The molecule has 2 aromatic heterocycles. The molecule has 1 amide bonds. The van der Waals surface area contributed by atoms with Gasteiger partial charge in [-0.25, -0.2) is 15.0 Å². The van der Waals surface area contributed by atoms with E-state index in [1.54, 1.807) is 31.7 Å². The van der Waals surface area contributed by atoms with Crippen molar-refractivity contribution in [1.29, 1.82) is 0 Å². The quantitative estimate of drug-likeness (QED) is 0.866. The van der Waals surface area contributed by atoms with E-state index >= 15 is 0 Å². The van der Waals surface area contributed by atoms with Gasteiger partial charge < -0.3 is 14.9 Å². The number of carbonyl (C=O) groups is 1. The lowest BCUT2D eigenvalue weighted by molar-refractivity contribution is -0.000293. The highest BCUT2D eigenvalue weighted by molar-refractivity contribution is 5.92. The summed E-state index contributed by atoms with van der Waals surface area (Å²) in [6.07, 6.45) is 9.25. The molecule has 0 unspecified atom stereocenters. The predicted octanol–water partition coefficient (Wildman–Crippen LogP) is 0.370. The zero-order valence-electron chi connectivity index (χ0n) is 13.5. The summed E-state index contributed by atoms with van der Waals surface area (Å²) < 4.78 is 0. The van der Waals surface area contributed by atoms with Crippen LogP contribution in [0.1, 0.15) is 23.3 Å². The van der Waals surface area contributed by atoms with Gasteiger partial charge in [0, 0.05) is 38.7 Å². The van der Waals surface area contributed by atoms with E-state index in [0.29, 0.717) is 18.7 Å². The maximum atomic E-state index is 12.4. The van der Waals surface area contributed by atoms with Gasteiger partial charge in [0.05, 0.1) is 18.3 Å². The van der Waals surface area contributed by atoms with Crippen molar-refractivity contribution in [3.05, 3.63) is 42.9 Å². The average Bonchev–Trinajstić information content (AvgIpc) is 2.62. The predicted molar refractivity (Wildman–Crippen MR) is 87.4 cm³/mol. The van der Waals surface area contributed by atoms with Crippen molar-refractivity contribution in [3.8, 4) is 0 Å². The minimum atomic E-state index is -0.993. The van der Waals surface area contributed by atoms with Gasteiger partial charge in [0.1, 0.15) is 17.8 Å². The van der Waals surface area contributed by atoms with Crippen molar-refractivity contribution >= 4 is 11.7 Å². The molecule has 0 aliphatic carbocycles. The number of amides is 1. The number of carbonyl (C=O) groups excluding carboxylic acids is 1. The Morgan fingerprint density at radius 1 is 1.33 bits per heavy atom. The topological polar surface area (TPSA) is 95.3 Å². The summed E-state index contributed by atoms with van der Waals surface area (Å²) in [7, 11) is 1.67. The SMILES string of the molecule is CN(C[C@]1(O)CCCN(c2cnccn2)C1)C(=O)c1ccncn1. The average molecular weight is 328 g/mol. The molecule has 8 heteroatoms. The van der Waals surface area contributed by atoms with Crippen molar-refractivity contribution < 1.29 is 9.90 Å². The normalized spacial score (nSPS) is 20.7. The second-order valence-corrected chi connectivity index (χ2v) is 6.07. The van der Waals surface area contributed by atoms with Crippen molar-refractivity contribution in [2.75, 3.05) is 31.6 Å². The van der Waals surface area contributed by atoms with Crippen LogP contribution in [0.15, 0.2) is 37.2 Å². The molecular formula is C16H20N6O2. The summed E-state index contributed by atoms with van der Waals surface area (Å²) in [5.41, 5.74) is -0.676. The number of rotatable bonds is 4. The smallest absolute Gasteiger partial charge is 0.272 e. The first kappa shape index (κ1) is 16.3. The van der Waals surface area contributed by atoms with Crippen LogP contribution in [0.5, 0.6) is 0 Å². The zero-order valence-corrected chi connectivity index (χ0v) is 13.5. The Kier molecular flexibility index (Phi) is 4.66. The first-order chi connectivity index (χ1) is 11.6. The molecule has 0 radical (unpaired) electrons. The summed E-state index contributed by atoms with van der Waals surface area (Å²) in [5, 5.41) is 11.0. The molecule has 1 aliphatic heterocycles. The highest BCUT2D eigenvalue weighted by Crippen LogP contribution is 2.25. The van der Waals surface area contributed by atoms with E-state index in [1.807, 2.05) is 4.90 Å². The van der Waals surface area contributed by atoms with E-state index < -0.39 is 5.60 Å². The van der Waals surface area contributed by atoms with Gasteiger partial charge >= 0.3 is 0 Å². The van der Waals surface area contributed by atoms with Gasteiger partial charge in [0.2, 0.25) is 0 Å². The number of anilines is 1. The Morgan fingerprint density at radius 3 is 2.92 bits per heavy atom. The number of aliphatic hydroxyl groups is 1. The number of hydrogen-bond acceptors (Lipinski definition) is 7. The molecule has 0 spiro atoms. The van der Waals surface area contributed by atoms with Crippen LogP contribution in [0.2, 0.25) is 0 Å². The van der Waals surface area contributed by atoms with Crippen molar-refractivity contribution in [3.63, 3.8) is 0 Å². The summed E-state index contributed by atoms with van der Waals surface area (Å²) in [5.74, 6) is 0.503. The van der Waals surface area contributed by atoms with E-state index in [4.69, 9.17) is 0 Å². The second kappa shape index (κ2) is 6.88. The van der Waals surface area contributed by atoms with Gasteiger partial charge in [-0.15, -0.1) is 0 Å². The molecule has 0 aromatic carbocycles. The van der Waals surface area contributed by atoms with Crippen LogP contribution < -0.4 is 4.90 Å². The maximum Gasteiger partial charge on any atom is 0.272 e. The monoisotopic (exact) mass is 328 g/mol. The molecule has 1 fully saturated rings. The first-order valence-corrected chi connectivity index (χ1v) is 7.82. The molecule has 2 aromatic rings. The molecular weight excluding hydrogens is 308 g/mol. The Morgan fingerprint density at radius 2 is 2.21 bits per heavy atom. The van der Waals surface area contributed by atoms with Crippen LogP contribution in [-0.2, 0) is 0 Å². The van der Waals surface area contributed by atoms with Gasteiger partial charge in [-0.2, -0.15) is 0 Å². The van der Waals surface area contributed by atoms with Gasteiger partial charge in [0.25, 0.3) is 5.91 Å². The summed E-state index contributed by atoms with van der Waals surface area (Å²) >= 11 is 0. The van der Waals surface area contributed by atoms with Crippen LogP contribution in [0.4, 0.5) is 5.82 Å². The fraction of sp³-hybridized carbons (Fsp3) is 0.438. The largest absolute Gasteiger partial charge is 0.386 e. The van der Waals surface area contributed by atoms with E-state index in [9.17, 15) is 9.90 Å². The fourth-order valence-electron chi connectivity index (χ4n) is 3.02. The van der Waals surface area contributed by atoms with E-state index in [1.165, 1.54) is 17.4 Å². The molecule has 3 rings (SSSR count). The van der Waals surface area contributed by atoms with Crippen molar-refractivity contribution in [1.82, 2.24) is 24.8 Å². The zero-order chi connectivity index (χ0) is 17.0. The Hall–Kier alpha value is -2.61. The number of piperidine rings is 1. The van der Waals surface area contributed by atoms with Gasteiger partial charge in [-0.05, 0) is 18.9 Å². The van der Waals surface area contributed by atoms with Crippen LogP contribution >= 0.6 is 0 Å². The Bertz CT molecular complexity index is 683. The lowest BCUT2D eigenvalue weighted by Gasteiger charge is -2.41. The molecule has 126 valence electrons. The molecule has 1 aliphatic rings. The standard InChI is InChI=1S/C16H20N6O2/c1-21(15(23)13-3-5-18-12-20-13)10-16(24)4-2-8-22(11-16)14-9-17-6-7-19-14/h3,5-7,9,12,24H,2,4,8,10-11H2,1H3/t16-/m1/s1. The number of hydrogen-bond donors (Lipinski definition) is 1. The Labute approximate surface area is 140 Å². The van der Waals surface area contributed by atoms with Crippen LogP contribution in [0.25, 0.3) is 0 Å². The van der Waals surface area contributed by atoms with Crippen molar-refractivity contribution in [2.45, 2.75) is 18.4 Å². The number of likely N-dealkylation sites (N-methyl/N-ethyl adjacent to an activating group) is 1.